The van der Waals surface area contributed by atoms with E-state index in [-0.39, 0.29) is 6.42 Å². The number of aliphatic carboxylic acids is 2. The highest BCUT2D eigenvalue weighted by Crippen LogP contribution is 2.11. The molecular weight excluding hydrogens is 298 g/mol. The molecule has 0 saturated carbocycles. The average molecular weight is 329 g/mol. The second-order valence-corrected chi connectivity index (χ2v) is 5.99. The third-order valence-corrected chi connectivity index (χ3v) is 3.77. The van der Waals surface area contributed by atoms with Gasteiger partial charge in [0.2, 0.25) is 5.91 Å². The molecule has 6 nitrogen and oxygen atoms in total. The molecule has 0 spiro atoms. The molecule has 1 amide bonds. The number of carboxylic acid groups (broad SMARTS) is 2. The lowest BCUT2D eigenvalue weighted by Crippen LogP contribution is -2.42. The summed E-state index contributed by atoms with van der Waals surface area (Å²) in [5, 5.41) is 19.7. The van der Waals surface area contributed by atoms with Gasteiger partial charge in [0.25, 0.3) is 0 Å². The van der Waals surface area contributed by atoms with Crippen LogP contribution in [-0.2, 0) is 14.4 Å². The molecule has 6 heteroatoms. The summed E-state index contributed by atoms with van der Waals surface area (Å²) in [6, 6.07) is -1.34. The van der Waals surface area contributed by atoms with E-state index in [2.05, 4.69) is 12.2 Å². The second-order valence-electron chi connectivity index (χ2n) is 5.99. The van der Waals surface area contributed by atoms with E-state index >= 15 is 0 Å². The minimum Gasteiger partial charge on any atom is -0.481 e. The second kappa shape index (κ2) is 14.0. The average Bonchev–Trinajstić information content (AvgIpc) is 2.48. The number of rotatable bonds is 15. The van der Waals surface area contributed by atoms with Crippen molar-refractivity contribution in [1.29, 1.82) is 0 Å². The first-order valence-electron chi connectivity index (χ1n) is 8.71. The molecule has 0 aromatic carbocycles. The third-order valence-electron chi connectivity index (χ3n) is 3.77. The van der Waals surface area contributed by atoms with Gasteiger partial charge in [0.1, 0.15) is 6.04 Å². The summed E-state index contributed by atoms with van der Waals surface area (Å²) < 4.78 is 0. The number of nitrogens with one attached hydrogen (secondary N) is 1. The Kier molecular flexibility index (Phi) is 13.1. The van der Waals surface area contributed by atoms with Crippen LogP contribution in [0.1, 0.15) is 84.0 Å². The molecule has 0 radical (unpaired) electrons. The van der Waals surface area contributed by atoms with Crippen molar-refractivity contribution in [3.63, 3.8) is 0 Å². The van der Waals surface area contributed by atoms with E-state index in [1.165, 1.54) is 44.9 Å². The van der Waals surface area contributed by atoms with Gasteiger partial charge >= 0.3 is 11.9 Å². The molecule has 0 aliphatic rings. The molecule has 0 aliphatic heterocycles. The third kappa shape index (κ3) is 13.8. The zero-order chi connectivity index (χ0) is 17.5. The van der Waals surface area contributed by atoms with E-state index < -0.39 is 30.3 Å². The van der Waals surface area contributed by atoms with E-state index in [9.17, 15) is 14.4 Å². The van der Waals surface area contributed by atoms with Crippen molar-refractivity contribution in [3.05, 3.63) is 0 Å². The highest BCUT2D eigenvalue weighted by atomic mass is 16.4. The Labute approximate surface area is 138 Å². The quantitative estimate of drug-likeness (QED) is 0.400. The van der Waals surface area contributed by atoms with Gasteiger partial charge in [-0.15, -0.1) is 0 Å². The first-order chi connectivity index (χ1) is 11.0. The maximum absolute atomic E-state index is 11.6. The predicted molar refractivity (Wildman–Crippen MR) is 88.3 cm³/mol. The van der Waals surface area contributed by atoms with Gasteiger partial charge in [-0.05, 0) is 6.42 Å². The number of carboxylic acids is 2. The molecule has 3 N–H and O–H groups in total. The van der Waals surface area contributed by atoms with Crippen LogP contribution in [0.3, 0.4) is 0 Å². The van der Waals surface area contributed by atoms with E-state index in [1.807, 2.05) is 0 Å². The van der Waals surface area contributed by atoms with Gasteiger partial charge in [0, 0.05) is 6.42 Å². The van der Waals surface area contributed by atoms with Crippen LogP contribution in [0.4, 0.5) is 0 Å². The maximum atomic E-state index is 11.6. The van der Waals surface area contributed by atoms with Crippen molar-refractivity contribution in [2.75, 3.05) is 0 Å². The van der Waals surface area contributed by atoms with Crippen LogP contribution in [0.15, 0.2) is 0 Å². The summed E-state index contributed by atoms with van der Waals surface area (Å²) in [7, 11) is 0. The monoisotopic (exact) mass is 329 g/mol. The minimum atomic E-state index is -1.34. The maximum Gasteiger partial charge on any atom is 0.326 e. The van der Waals surface area contributed by atoms with Crippen LogP contribution in [0.25, 0.3) is 0 Å². The molecule has 1 unspecified atom stereocenters. The summed E-state index contributed by atoms with van der Waals surface area (Å²) in [6.45, 7) is 2.20. The van der Waals surface area contributed by atoms with Gasteiger partial charge in [-0.1, -0.05) is 64.7 Å². The van der Waals surface area contributed by atoms with Gasteiger partial charge in [-0.2, -0.15) is 0 Å². The molecule has 0 bridgehead atoms. The Bertz CT molecular complexity index is 357. The zero-order valence-corrected chi connectivity index (χ0v) is 14.2. The Morgan fingerprint density at radius 2 is 1.30 bits per heavy atom. The molecule has 0 fully saturated rings. The Balaban J connectivity index is 3.59. The molecule has 23 heavy (non-hydrogen) atoms. The van der Waals surface area contributed by atoms with Gasteiger partial charge < -0.3 is 15.5 Å². The smallest absolute Gasteiger partial charge is 0.326 e. The SMILES string of the molecule is CCCCCCCCCCCCC(=O)NC(CC(=O)O)C(=O)O. The first-order valence-corrected chi connectivity index (χ1v) is 8.71. The largest absolute Gasteiger partial charge is 0.481 e. The molecule has 0 aromatic rings. The minimum absolute atomic E-state index is 0.250. The Morgan fingerprint density at radius 3 is 1.74 bits per heavy atom. The predicted octanol–water partition coefficient (Wildman–Crippen LogP) is 3.34. The van der Waals surface area contributed by atoms with E-state index in [0.29, 0.717) is 6.42 Å². The van der Waals surface area contributed by atoms with Crippen molar-refractivity contribution in [2.45, 2.75) is 90.0 Å². The topological polar surface area (TPSA) is 104 Å². The Morgan fingerprint density at radius 1 is 0.826 bits per heavy atom. The number of carbonyl (C=O) groups excluding carboxylic acids is 1. The van der Waals surface area contributed by atoms with Crippen LogP contribution >= 0.6 is 0 Å². The molecule has 134 valence electrons. The van der Waals surface area contributed by atoms with Crippen molar-refractivity contribution in [2.24, 2.45) is 0 Å². The van der Waals surface area contributed by atoms with Crippen molar-refractivity contribution >= 4 is 17.8 Å². The molecule has 1 atom stereocenters. The van der Waals surface area contributed by atoms with Crippen LogP contribution in [0.5, 0.6) is 0 Å². The highest BCUT2D eigenvalue weighted by Gasteiger charge is 2.22. The van der Waals surface area contributed by atoms with Crippen molar-refractivity contribution < 1.29 is 24.6 Å². The standard InChI is InChI=1S/C17H31NO5/c1-2-3-4-5-6-7-8-9-10-11-12-15(19)18-14(17(22)23)13-16(20)21/h14H,2-13H2,1H3,(H,18,19)(H,20,21)(H,22,23). The van der Waals surface area contributed by atoms with Crippen LogP contribution in [0.2, 0.25) is 0 Å². The fourth-order valence-corrected chi connectivity index (χ4v) is 2.41. The molecule has 0 aliphatic carbocycles. The van der Waals surface area contributed by atoms with Crippen molar-refractivity contribution in [3.8, 4) is 0 Å². The van der Waals surface area contributed by atoms with Crippen LogP contribution in [0, 0.1) is 0 Å². The van der Waals surface area contributed by atoms with E-state index in [4.69, 9.17) is 10.2 Å². The number of unbranched alkanes of at least 4 members (excludes halogenated alkanes) is 9. The van der Waals surface area contributed by atoms with Crippen LogP contribution < -0.4 is 5.32 Å². The van der Waals surface area contributed by atoms with Gasteiger partial charge in [0.05, 0.1) is 6.42 Å². The fourth-order valence-electron chi connectivity index (χ4n) is 2.41. The Hall–Kier alpha value is -1.59. The summed E-state index contributed by atoms with van der Waals surface area (Å²) in [4.78, 5) is 33.0. The summed E-state index contributed by atoms with van der Waals surface area (Å²) in [6.07, 6.45) is 11.3. The molecule has 0 saturated heterocycles. The highest BCUT2D eigenvalue weighted by molar-refractivity contribution is 5.86. The number of carbonyl (C=O) groups is 3. The lowest BCUT2D eigenvalue weighted by atomic mass is 10.1. The van der Waals surface area contributed by atoms with Gasteiger partial charge in [-0.3, -0.25) is 9.59 Å². The first kappa shape index (κ1) is 21.4. The molecular formula is C17H31NO5. The summed E-state index contributed by atoms with van der Waals surface area (Å²) >= 11 is 0. The van der Waals surface area contributed by atoms with Gasteiger partial charge in [0.15, 0.2) is 0 Å². The summed E-state index contributed by atoms with van der Waals surface area (Å²) in [5.41, 5.74) is 0. The normalized spacial score (nSPS) is 11.9. The number of hydrogen-bond acceptors (Lipinski definition) is 3. The molecule has 0 heterocycles. The fraction of sp³-hybridized carbons (Fsp3) is 0.824. The molecule has 0 aromatic heterocycles. The lowest BCUT2D eigenvalue weighted by Gasteiger charge is -2.12. The van der Waals surface area contributed by atoms with Gasteiger partial charge in [-0.25, -0.2) is 4.79 Å². The number of amides is 1. The van der Waals surface area contributed by atoms with Crippen molar-refractivity contribution in [1.82, 2.24) is 5.32 Å². The lowest BCUT2D eigenvalue weighted by molar-refractivity contribution is -0.147. The zero-order valence-electron chi connectivity index (χ0n) is 14.2. The summed E-state index contributed by atoms with van der Waals surface area (Å²) in [5.74, 6) is -2.95. The van der Waals surface area contributed by atoms with E-state index in [0.717, 1.165) is 12.8 Å². The van der Waals surface area contributed by atoms with Crippen LogP contribution in [-0.4, -0.2) is 34.1 Å². The molecule has 0 rings (SSSR count). The number of hydrogen-bond donors (Lipinski definition) is 3. The van der Waals surface area contributed by atoms with E-state index in [1.54, 1.807) is 0 Å².